The molecule has 0 unspecified atom stereocenters. The van der Waals surface area contributed by atoms with Gasteiger partial charge in [-0.05, 0) is 36.1 Å². The van der Waals surface area contributed by atoms with E-state index in [0.29, 0.717) is 29.5 Å². The quantitative estimate of drug-likeness (QED) is 0.312. The van der Waals surface area contributed by atoms with Crippen LogP contribution in [0.4, 0.5) is 0 Å². The number of aryl methyl sites for hydroxylation is 1. The van der Waals surface area contributed by atoms with E-state index in [1.54, 1.807) is 49.1 Å². The summed E-state index contributed by atoms with van der Waals surface area (Å²) in [6.45, 7) is 1.39. The first kappa shape index (κ1) is 25.7. The van der Waals surface area contributed by atoms with Crippen LogP contribution < -0.4 is 10.6 Å². The molecule has 0 aliphatic carbocycles. The molecule has 0 fully saturated rings. The fourth-order valence-electron chi connectivity index (χ4n) is 4.46. The zero-order valence-electron chi connectivity index (χ0n) is 20.6. The van der Waals surface area contributed by atoms with E-state index in [1.807, 2.05) is 60.7 Å². The zero-order valence-corrected chi connectivity index (χ0v) is 20.6. The molecule has 2 heterocycles. The van der Waals surface area contributed by atoms with Gasteiger partial charge in [0.2, 0.25) is 11.8 Å². The molecule has 37 heavy (non-hydrogen) atoms. The number of aliphatic hydroxyl groups is 1. The molecule has 0 spiro atoms. The van der Waals surface area contributed by atoms with Crippen LogP contribution in [0.1, 0.15) is 41.6 Å². The van der Waals surface area contributed by atoms with Crippen LogP contribution in [0.3, 0.4) is 0 Å². The predicted molar refractivity (Wildman–Crippen MR) is 141 cm³/mol. The summed E-state index contributed by atoms with van der Waals surface area (Å²) < 4.78 is 0. The molecular weight excluding hydrogens is 464 g/mol. The molecule has 0 aliphatic heterocycles. The molecule has 7 nitrogen and oxygen atoms in total. The van der Waals surface area contributed by atoms with Crippen LogP contribution in [0, 0.1) is 0 Å². The summed E-state index contributed by atoms with van der Waals surface area (Å²) in [5.41, 5.74) is 1.05. The molecule has 2 atom stereocenters. The molecule has 4 rings (SSSR count). The van der Waals surface area contributed by atoms with Crippen molar-refractivity contribution in [3.05, 3.63) is 132 Å². The molecule has 2 amide bonds. The highest BCUT2D eigenvalue weighted by Gasteiger charge is 2.43. The molecule has 3 N–H and O–H groups in total. The van der Waals surface area contributed by atoms with Crippen molar-refractivity contribution in [3.63, 3.8) is 0 Å². The van der Waals surface area contributed by atoms with E-state index in [0.717, 1.165) is 5.56 Å². The smallest absolute Gasteiger partial charge is 0.243 e. The van der Waals surface area contributed by atoms with Crippen LogP contribution in [0.5, 0.6) is 0 Å². The summed E-state index contributed by atoms with van der Waals surface area (Å²) >= 11 is 0. The van der Waals surface area contributed by atoms with Crippen molar-refractivity contribution in [2.75, 3.05) is 0 Å². The van der Waals surface area contributed by atoms with Gasteiger partial charge in [0, 0.05) is 42.8 Å². The predicted octanol–water partition coefficient (Wildman–Crippen LogP) is 3.71. The van der Waals surface area contributed by atoms with Gasteiger partial charge in [-0.3, -0.25) is 19.6 Å². The molecular formula is C30H30N4O3. The van der Waals surface area contributed by atoms with Crippen molar-refractivity contribution in [3.8, 4) is 0 Å². The molecule has 0 bridgehead atoms. The Balaban J connectivity index is 1.73. The Morgan fingerprint density at radius 3 is 1.89 bits per heavy atom. The minimum absolute atomic E-state index is 0.306. The minimum atomic E-state index is -1.69. The number of amides is 2. The van der Waals surface area contributed by atoms with Crippen LogP contribution in [0.25, 0.3) is 0 Å². The summed E-state index contributed by atoms with van der Waals surface area (Å²) in [6.07, 6.45) is 7.41. The number of benzene rings is 2. The van der Waals surface area contributed by atoms with E-state index >= 15 is 0 Å². The average Bonchev–Trinajstić information content (AvgIpc) is 2.95. The minimum Gasteiger partial charge on any atom is -0.378 e. The van der Waals surface area contributed by atoms with Gasteiger partial charge in [0.1, 0.15) is 11.6 Å². The third-order valence-corrected chi connectivity index (χ3v) is 6.30. The summed E-state index contributed by atoms with van der Waals surface area (Å²) in [5, 5.41) is 18.2. The van der Waals surface area contributed by atoms with Gasteiger partial charge in [0.05, 0.1) is 6.04 Å². The van der Waals surface area contributed by atoms with E-state index < -0.39 is 23.6 Å². The molecule has 2 aromatic carbocycles. The number of pyridine rings is 2. The number of hydrogen-bond acceptors (Lipinski definition) is 5. The van der Waals surface area contributed by atoms with Gasteiger partial charge in [-0.2, -0.15) is 0 Å². The molecule has 4 aromatic rings. The lowest BCUT2D eigenvalue weighted by molar-refractivity contribution is -0.130. The largest absolute Gasteiger partial charge is 0.378 e. The van der Waals surface area contributed by atoms with E-state index in [9.17, 15) is 14.7 Å². The fraction of sp³-hybridized carbons (Fsp3) is 0.200. The summed E-state index contributed by atoms with van der Waals surface area (Å²) in [6, 6.07) is 24.4. The van der Waals surface area contributed by atoms with Crippen LogP contribution in [0.15, 0.2) is 110 Å². The lowest BCUT2D eigenvalue weighted by Gasteiger charge is -2.38. The Kier molecular flexibility index (Phi) is 8.38. The second kappa shape index (κ2) is 12.1. The Hall–Kier alpha value is -4.36. The third kappa shape index (κ3) is 6.26. The number of rotatable bonds is 10. The molecule has 0 saturated carbocycles. The van der Waals surface area contributed by atoms with Crippen LogP contribution in [-0.4, -0.2) is 32.9 Å². The van der Waals surface area contributed by atoms with Crippen molar-refractivity contribution >= 4 is 11.8 Å². The highest BCUT2D eigenvalue weighted by atomic mass is 16.3. The van der Waals surface area contributed by atoms with E-state index in [1.165, 1.54) is 6.92 Å². The van der Waals surface area contributed by atoms with Gasteiger partial charge in [0.15, 0.2) is 0 Å². The van der Waals surface area contributed by atoms with Gasteiger partial charge < -0.3 is 15.7 Å². The zero-order chi connectivity index (χ0) is 26.1. The van der Waals surface area contributed by atoms with Crippen molar-refractivity contribution in [2.45, 2.75) is 37.5 Å². The van der Waals surface area contributed by atoms with Crippen molar-refractivity contribution in [1.82, 2.24) is 20.6 Å². The normalized spacial score (nSPS) is 12.8. The van der Waals surface area contributed by atoms with Crippen molar-refractivity contribution < 1.29 is 14.7 Å². The molecule has 0 aliphatic rings. The lowest BCUT2D eigenvalue weighted by Crippen LogP contribution is -2.52. The molecule has 2 aromatic heterocycles. The Morgan fingerprint density at radius 2 is 1.38 bits per heavy atom. The fourth-order valence-corrected chi connectivity index (χ4v) is 4.46. The summed E-state index contributed by atoms with van der Waals surface area (Å²) in [7, 11) is 0. The van der Waals surface area contributed by atoms with Gasteiger partial charge in [-0.15, -0.1) is 0 Å². The molecule has 0 radical (unpaired) electrons. The van der Waals surface area contributed by atoms with Gasteiger partial charge in [-0.25, -0.2) is 0 Å². The first-order valence-electron chi connectivity index (χ1n) is 12.2. The van der Waals surface area contributed by atoms with Crippen LogP contribution in [0.2, 0.25) is 0 Å². The number of carbonyl (C=O) groups is 2. The second-order valence-corrected chi connectivity index (χ2v) is 8.88. The highest BCUT2D eigenvalue weighted by Crippen LogP contribution is 2.40. The Bertz CT molecular complexity index is 1250. The van der Waals surface area contributed by atoms with Gasteiger partial charge in [-0.1, -0.05) is 72.8 Å². The number of nitrogens with one attached hydrogen (secondary N) is 2. The highest BCUT2D eigenvalue weighted by molar-refractivity contribution is 5.87. The number of carbonyl (C=O) groups excluding carboxylic acids is 2. The Labute approximate surface area is 216 Å². The first-order valence-corrected chi connectivity index (χ1v) is 12.2. The van der Waals surface area contributed by atoms with Gasteiger partial charge >= 0.3 is 0 Å². The van der Waals surface area contributed by atoms with Crippen LogP contribution in [-0.2, 0) is 21.6 Å². The third-order valence-electron chi connectivity index (χ3n) is 6.30. The monoisotopic (exact) mass is 494 g/mol. The van der Waals surface area contributed by atoms with Gasteiger partial charge in [0.25, 0.3) is 0 Å². The number of nitrogens with zero attached hydrogens (tertiary/aromatic N) is 2. The maximum atomic E-state index is 13.7. The first-order chi connectivity index (χ1) is 18.0. The van der Waals surface area contributed by atoms with Crippen LogP contribution >= 0.6 is 0 Å². The van der Waals surface area contributed by atoms with E-state index in [2.05, 4.69) is 20.6 Å². The Morgan fingerprint density at radius 1 is 0.811 bits per heavy atom. The van der Waals surface area contributed by atoms with Crippen molar-refractivity contribution in [2.24, 2.45) is 0 Å². The lowest BCUT2D eigenvalue weighted by atomic mass is 9.78. The number of hydrogen-bond donors (Lipinski definition) is 3. The topological polar surface area (TPSA) is 104 Å². The SMILES string of the molecule is CC(=O)N[C@@H](CCc1ccccc1)C(=O)N[C@H](c1ccccc1)C(O)(c1cccnc1)c1cccnc1. The molecule has 188 valence electrons. The maximum Gasteiger partial charge on any atom is 0.243 e. The molecule has 0 saturated heterocycles. The van der Waals surface area contributed by atoms with Crippen molar-refractivity contribution in [1.29, 1.82) is 0 Å². The second-order valence-electron chi connectivity index (χ2n) is 8.88. The molecule has 7 heteroatoms. The maximum absolute atomic E-state index is 13.7. The summed E-state index contributed by atoms with van der Waals surface area (Å²) in [5.74, 6) is -0.703. The standard InChI is InChI=1S/C30H30N4O3/c1-22(35)33-27(17-16-23-10-4-2-5-11-23)29(36)34-28(24-12-6-3-7-13-24)30(37,25-14-8-18-31-20-25)26-15-9-19-32-21-26/h2-15,18-21,27-28,37H,16-17H2,1H3,(H,33,35)(H,34,36)/t27-,28+/m0/s1. The van der Waals surface area contributed by atoms with E-state index in [-0.39, 0.29) is 5.91 Å². The number of aromatic nitrogens is 2. The van der Waals surface area contributed by atoms with E-state index in [4.69, 9.17) is 0 Å². The average molecular weight is 495 g/mol. The summed E-state index contributed by atoms with van der Waals surface area (Å²) in [4.78, 5) is 34.2.